The van der Waals surface area contributed by atoms with Crippen LogP contribution in [0.25, 0.3) is 0 Å². The van der Waals surface area contributed by atoms with E-state index in [-0.39, 0.29) is 10.8 Å². The second-order valence-corrected chi connectivity index (χ2v) is 6.73. The summed E-state index contributed by atoms with van der Waals surface area (Å²) in [7, 11) is 1.41. The van der Waals surface area contributed by atoms with Crippen molar-refractivity contribution in [3.63, 3.8) is 0 Å². The molecule has 1 heterocycles. The number of rotatable bonds is 3. The quantitative estimate of drug-likeness (QED) is 0.809. The lowest BCUT2D eigenvalue weighted by atomic mass is 10.2. The van der Waals surface area contributed by atoms with Gasteiger partial charge in [0.15, 0.2) is 0 Å². The zero-order chi connectivity index (χ0) is 14.0. The topological polar surface area (TPSA) is 56.3 Å². The monoisotopic (exact) mass is 317 g/mol. The van der Waals surface area contributed by atoms with E-state index in [9.17, 15) is 8.42 Å². The molecule has 0 radical (unpaired) electrons. The lowest BCUT2D eigenvalue weighted by Gasteiger charge is -2.10. The maximum absolute atomic E-state index is 11.4. The van der Waals surface area contributed by atoms with Gasteiger partial charge in [-0.2, -0.15) is 0 Å². The zero-order valence-corrected chi connectivity index (χ0v) is 12.1. The van der Waals surface area contributed by atoms with Gasteiger partial charge in [-0.3, -0.25) is 0 Å². The Labute approximate surface area is 120 Å². The number of halogens is 2. The van der Waals surface area contributed by atoms with E-state index in [0.717, 1.165) is 5.56 Å². The summed E-state index contributed by atoms with van der Waals surface area (Å²) in [6.07, 6.45) is 1.42. The highest BCUT2D eigenvalue weighted by Gasteiger charge is 2.18. The summed E-state index contributed by atoms with van der Waals surface area (Å²) in [5, 5.41) is 0.566. The molecule has 0 saturated carbocycles. The third kappa shape index (κ3) is 3.37. The van der Waals surface area contributed by atoms with Crippen molar-refractivity contribution in [3.05, 3.63) is 47.1 Å². The Morgan fingerprint density at radius 3 is 2.63 bits per heavy atom. The smallest absolute Gasteiger partial charge is 0.266 e. The third-order valence-corrected chi connectivity index (χ3v) is 3.91. The second-order valence-electron chi connectivity index (χ2n) is 3.76. The second kappa shape index (κ2) is 5.36. The third-order valence-electron chi connectivity index (χ3n) is 2.34. The molecule has 0 atom stereocenters. The first-order valence-corrected chi connectivity index (χ1v) is 7.90. The summed E-state index contributed by atoms with van der Waals surface area (Å²) in [4.78, 5) is 3.71. The summed E-state index contributed by atoms with van der Waals surface area (Å²) in [6.45, 7) is 1.79. The highest BCUT2D eigenvalue weighted by atomic mass is 35.7. The number of hydrogen-bond donors (Lipinski definition) is 0. The van der Waals surface area contributed by atoms with E-state index in [4.69, 9.17) is 27.0 Å². The average Bonchev–Trinajstić information content (AvgIpc) is 2.32. The van der Waals surface area contributed by atoms with E-state index in [1.54, 1.807) is 25.1 Å². The summed E-state index contributed by atoms with van der Waals surface area (Å²) < 4.78 is 28.3. The highest BCUT2D eigenvalue weighted by molar-refractivity contribution is 8.13. The van der Waals surface area contributed by atoms with Gasteiger partial charge in [0.2, 0.25) is 5.88 Å². The zero-order valence-electron chi connectivity index (χ0n) is 9.80. The molecule has 0 amide bonds. The summed E-state index contributed by atoms with van der Waals surface area (Å²) >= 11 is 5.84. The average molecular weight is 318 g/mol. The van der Waals surface area contributed by atoms with Crippen molar-refractivity contribution in [2.45, 2.75) is 11.8 Å². The van der Waals surface area contributed by atoms with Crippen molar-refractivity contribution in [2.75, 3.05) is 0 Å². The van der Waals surface area contributed by atoms with Gasteiger partial charge in [-0.1, -0.05) is 11.6 Å². The minimum absolute atomic E-state index is 0.0667. The lowest BCUT2D eigenvalue weighted by Crippen LogP contribution is -1.98. The number of aryl methyl sites for hydroxylation is 1. The van der Waals surface area contributed by atoms with Crippen LogP contribution >= 0.6 is 22.3 Å². The molecule has 0 N–H and O–H groups in total. The largest absolute Gasteiger partial charge is 0.437 e. The van der Waals surface area contributed by atoms with Crippen molar-refractivity contribution in [1.82, 2.24) is 4.98 Å². The van der Waals surface area contributed by atoms with Crippen molar-refractivity contribution in [1.29, 1.82) is 0 Å². The van der Waals surface area contributed by atoms with Gasteiger partial charge in [0.25, 0.3) is 9.05 Å². The Bertz CT molecular complexity index is 717. The van der Waals surface area contributed by atoms with Crippen molar-refractivity contribution in [3.8, 4) is 11.6 Å². The maximum Gasteiger partial charge on any atom is 0.266 e. The van der Waals surface area contributed by atoms with Crippen LogP contribution in [0.2, 0.25) is 5.02 Å². The number of nitrogens with zero attached hydrogens (tertiary/aromatic N) is 1. The molecule has 0 saturated heterocycles. The van der Waals surface area contributed by atoms with Crippen LogP contribution in [-0.2, 0) is 9.05 Å². The van der Waals surface area contributed by atoms with E-state index in [1.807, 2.05) is 0 Å². The summed E-state index contributed by atoms with van der Waals surface area (Å²) in [5.74, 6) is 0.396. The summed E-state index contributed by atoms with van der Waals surface area (Å²) in [5.41, 5.74) is 0.760. The molecule has 0 fully saturated rings. The SMILES string of the molecule is Cc1cc(Cl)ccc1Oc1ncccc1S(=O)(=O)Cl. The predicted molar refractivity (Wildman–Crippen MR) is 73.5 cm³/mol. The lowest BCUT2D eigenvalue weighted by molar-refractivity contribution is 0.444. The fraction of sp³-hybridized carbons (Fsp3) is 0.0833. The first-order valence-electron chi connectivity index (χ1n) is 5.21. The summed E-state index contributed by atoms with van der Waals surface area (Å²) in [6, 6.07) is 7.78. The molecule has 2 aromatic rings. The fourth-order valence-electron chi connectivity index (χ4n) is 1.47. The van der Waals surface area contributed by atoms with Crippen molar-refractivity contribution >= 4 is 31.3 Å². The van der Waals surface area contributed by atoms with Gasteiger partial charge in [0, 0.05) is 21.9 Å². The number of ether oxygens (including phenoxy) is 1. The number of hydrogen-bond acceptors (Lipinski definition) is 4. The minimum atomic E-state index is -3.92. The number of benzene rings is 1. The predicted octanol–water partition coefficient (Wildman–Crippen LogP) is 3.76. The Balaban J connectivity index is 2.44. The van der Waals surface area contributed by atoms with E-state index in [2.05, 4.69) is 4.98 Å². The highest BCUT2D eigenvalue weighted by Crippen LogP contribution is 2.31. The van der Waals surface area contributed by atoms with Crippen LogP contribution in [0.4, 0.5) is 0 Å². The van der Waals surface area contributed by atoms with Crippen LogP contribution in [0, 0.1) is 6.92 Å². The van der Waals surface area contributed by atoms with E-state index in [1.165, 1.54) is 18.3 Å². The molecule has 1 aromatic heterocycles. The molecule has 1 aromatic carbocycles. The fourth-order valence-corrected chi connectivity index (χ4v) is 2.59. The Morgan fingerprint density at radius 1 is 1.26 bits per heavy atom. The van der Waals surface area contributed by atoms with Gasteiger partial charge in [-0.05, 0) is 42.8 Å². The van der Waals surface area contributed by atoms with Crippen LogP contribution in [0.5, 0.6) is 11.6 Å². The molecular formula is C12H9Cl2NO3S. The molecule has 0 aliphatic heterocycles. The normalized spacial score (nSPS) is 11.3. The van der Waals surface area contributed by atoms with Gasteiger partial charge in [-0.25, -0.2) is 13.4 Å². The first-order chi connectivity index (χ1) is 8.88. The van der Waals surface area contributed by atoms with Gasteiger partial charge in [0.1, 0.15) is 10.6 Å². The molecular weight excluding hydrogens is 309 g/mol. The maximum atomic E-state index is 11.4. The van der Waals surface area contributed by atoms with Gasteiger partial charge in [0.05, 0.1) is 0 Å². The van der Waals surface area contributed by atoms with E-state index in [0.29, 0.717) is 10.8 Å². The number of pyridine rings is 1. The molecule has 100 valence electrons. The molecule has 7 heteroatoms. The van der Waals surface area contributed by atoms with Gasteiger partial charge < -0.3 is 4.74 Å². The van der Waals surface area contributed by atoms with Crippen LogP contribution in [-0.4, -0.2) is 13.4 Å². The Kier molecular flexibility index (Phi) is 3.99. The molecule has 0 aliphatic rings. The Morgan fingerprint density at radius 2 is 2.00 bits per heavy atom. The van der Waals surface area contributed by atoms with E-state index >= 15 is 0 Å². The van der Waals surface area contributed by atoms with Gasteiger partial charge in [-0.15, -0.1) is 0 Å². The van der Waals surface area contributed by atoms with E-state index < -0.39 is 9.05 Å². The van der Waals surface area contributed by atoms with Crippen molar-refractivity contribution in [2.24, 2.45) is 0 Å². The van der Waals surface area contributed by atoms with Crippen LogP contribution < -0.4 is 4.74 Å². The van der Waals surface area contributed by atoms with Gasteiger partial charge >= 0.3 is 0 Å². The molecule has 19 heavy (non-hydrogen) atoms. The standard InChI is InChI=1S/C12H9Cl2NO3S/c1-8-7-9(13)4-5-10(8)18-12-11(19(14,16)17)3-2-6-15-12/h2-7H,1H3. The molecule has 2 rings (SSSR count). The molecule has 0 bridgehead atoms. The number of aromatic nitrogens is 1. The first kappa shape index (κ1) is 14.1. The van der Waals surface area contributed by atoms with Crippen LogP contribution in [0.3, 0.4) is 0 Å². The molecule has 0 unspecified atom stereocenters. The molecule has 4 nitrogen and oxygen atoms in total. The molecule has 0 spiro atoms. The van der Waals surface area contributed by atoms with Crippen LogP contribution in [0.1, 0.15) is 5.56 Å². The molecule has 0 aliphatic carbocycles. The van der Waals surface area contributed by atoms with Crippen molar-refractivity contribution < 1.29 is 13.2 Å². The van der Waals surface area contributed by atoms with Crippen LogP contribution in [0.15, 0.2) is 41.4 Å². The Hall–Kier alpha value is -1.30. The minimum Gasteiger partial charge on any atom is -0.437 e.